The molecule has 1 aromatic carbocycles. The maximum atomic E-state index is 12.4. The molecule has 3 rings (SSSR count). The van der Waals surface area contributed by atoms with Crippen molar-refractivity contribution in [2.45, 2.75) is 50.7 Å². The van der Waals surface area contributed by atoms with Gasteiger partial charge in [-0.05, 0) is 37.3 Å². The summed E-state index contributed by atoms with van der Waals surface area (Å²) < 4.78 is 27.8. The average molecular weight is 452 g/mol. The van der Waals surface area contributed by atoms with Crippen LogP contribution in [0.1, 0.15) is 38.7 Å². The summed E-state index contributed by atoms with van der Waals surface area (Å²) in [7, 11) is -3.16. The monoisotopic (exact) mass is 451 g/mol. The number of hydrogen-bond donors (Lipinski definition) is 1. The van der Waals surface area contributed by atoms with Crippen molar-refractivity contribution in [1.82, 2.24) is 24.4 Å². The van der Waals surface area contributed by atoms with Crippen molar-refractivity contribution < 1.29 is 13.2 Å². The molecule has 8 nitrogen and oxygen atoms in total. The van der Waals surface area contributed by atoms with E-state index in [4.69, 9.17) is 0 Å². The van der Waals surface area contributed by atoms with Crippen molar-refractivity contribution in [3.8, 4) is 5.69 Å². The van der Waals surface area contributed by atoms with Crippen LogP contribution in [-0.4, -0.2) is 64.0 Å². The van der Waals surface area contributed by atoms with Gasteiger partial charge in [-0.2, -0.15) is 0 Å². The predicted octanol–water partition coefficient (Wildman–Crippen LogP) is 2.24. The van der Waals surface area contributed by atoms with Crippen LogP contribution >= 0.6 is 11.8 Å². The summed E-state index contributed by atoms with van der Waals surface area (Å²) in [6.07, 6.45) is 4.45. The fraction of sp³-hybridized carbons (Fsp3) is 0.550. The second-order valence-corrected chi connectivity index (χ2v) is 10.3. The van der Waals surface area contributed by atoms with E-state index in [1.807, 2.05) is 29.7 Å². The van der Waals surface area contributed by atoms with Gasteiger partial charge in [-0.1, -0.05) is 43.8 Å². The largest absolute Gasteiger partial charge is 0.353 e. The number of carbonyl (C=O) groups excluding carboxylic acids is 1. The summed E-state index contributed by atoms with van der Waals surface area (Å²) in [4.78, 5) is 12.4. The van der Waals surface area contributed by atoms with E-state index >= 15 is 0 Å². The molecule has 10 heteroatoms. The first-order valence-electron chi connectivity index (χ1n) is 10.3. The van der Waals surface area contributed by atoms with Gasteiger partial charge in [0, 0.05) is 19.1 Å². The van der Waals surface area contributed by atoms with Gasteiger partial charge in [-0.3, -0.25) is 9.36 Å². The Hall–Kier alpha value is -1.91. The van der Waals surface area contributed by atoms with E-state index in [2.05, 4.69) is 28.5 Å². The molecule has 0 atom stereocenters. The summed E-state index contributed by atoms with van der Waals surface area (Å²) in [6, 6.07) is 8.08. The standard InChI is InChI=1S/C20H29N5O3S2/c1-3-13-30(27,28)24-11-9-17(10-12-24)22-19(26)14-29-20-23-21-15-25(20)18-8-6-5-7-16(18)4-2/h5-8,15,17H,3-4,9-14H2,1-2H3,(H,22,26). The Kier molecular flexibility index (Phi) is 7.90. The molecule has 0 saturated carbocycles. The molecule has 0 bridgehead atoms. The molecular formula is C20H29N5O3S2. The van der Waals surface area contributed by atoms with Gasteiger partial charge in [0.25, 0.3) is 0 Å². The first-order valence-corrected chi connectivity index (χ1v) is 12.9. The average Bonchev–Trinajstić information content (AvgIpc) is 3.21. The van der Waals surface area contributed by atoms with Crippen molar-refractivity contribution in [3.05, 3.63) is 36.2 Å². The SMILES string of the molecule is CCCS(=O)(=O)N1CCC(NC(=O)CSc2nncn2-c2ccccc2CC)CC1. The van der Waals surface area contributed by atoms with E-state index in [0.29, 0.717) is 37.5 Å². The Morgan fingerprint density at radius 2 is 1.97 bits per heavy atom. The molecular weight excluding hydrogens is 422 g/mol. The number of para-hydroxylation sites is 1. The summed E-state index contributed by atoms with van der Waals surface area (Å²) in [5.74, 6) is 0.345. The molecule has 0 radical (unpaired) electrons. The van der Waals surface area contributed by atoms with Gasteiger partial charge in [-0.25, -0.2) is 12.7 Å². The number of rotatable bonds is 9. The van der Waals surface area contributed by atoms with Crippen LogP contribution in [0.5, 0.6) is 0 Å². The molecule has 1 aromatic heterocycles. The molecule has 1 amide bonds. The van der Waals surface area contributed by atoms with E-state index in [0.717, 1.165) is 12.1 Å². The van der Waals surface area contributed by atoms with Crippen LogP contribution in [0, 0.1) is 0 Å². The molecule has 1 fully saturated rings. The van der Waals surface area contributed by atoms with Gasteiger partial charge in [0.1, 0.15) is 6.33 Å². The molecule has 30 heavy (non-hydrogen) atoms. The topological polar surface area (TPSA) is 97.2 Å². The molecule has 1 aliphatic rings. The van der Waals surface area contributed by atoms with Gasteiger partial charge >= 0.3 is 0 Å². The number of benzene rings is 1. The molecule has 2 aromatic rings. The number of aryl methyl sites for hydroxylation is 1. The first-order chi connectivity index (χ1) is 14.4. The lowest BCUT2D eigenvalue weighted by Gasteiger charge is -2.31. The fourth-order valence-corrected chi connectivity index (χ4v) is 5.87. The van der Waals surface area contributed by atoms with E-state index < -0.39 is 10.0 Å². The normalized spacial score (nSPS) is 15.9. The van der Waals surface area contributed by atoms with Gasteiger partial charge in [0.2, 0.25) is 15.9 Å². The van der Waals surface area contributed by atoms with E-state index in [1.165, 1.54) is 17.3 Å². The van der Waals surface area contributed by atoms with Crippen LogP contribution in [0.3, 0.4) is 0 Å². The fourth-order valence-electron chi connectivity index (χ4n) is 3.60. The molecule has 0 spiro atoms. The quantitative estimate of drug-likeness (QED) is 0.587. The highest BCUT2D eigenvalue weighted by molar-refractivity contribution is 7.99. The zero-order valence-corrected chi connectivity index (χ0v) is 19.1. The number of carbonyl (C=O) groups is 1. The van der Waals surface area contributed by atoms with Crippen molar-refractivity contribution >= 4 is 27.7 Å². The summed E-state index contributed by atoms with van der Waals surface area (Å²) >= 11 is 1.35. The van der Waals surface area contributed by atoms with Crippen LogP contribution in [0.2, 0.25) is 0 Å². The smallest absolute Gasteiger partial charge is 0.230 e. The Bertz CT molecular complexity index is 953. The Morgan fingerprint density at radius 3 is 2.67 bits per heavy atom. The highest BCUT2D eigenvalue weighted by atomic mass is 32.2. The highest BCUT2D eigenvalue weighted by Crippen LogP contribution is 2.22. The van der Waals surface area contributed by atoms with Crippen molar-refractivity contribution in [3.63, 3.8) is 0 Å². The van der Waals surface area contributed by atoms with Gasteiger partial charge < -0.3 is 5.32 Å². The number of sulfonamides is 1. The van der Waals surface area contributed by atoms with Crippen molar-refractivity contribution in [1.29, 1.82) is 0 Å². The molecule has 164 valence electrons. The molecule has 1 saturated heterocycles. The van der Waals surface area contributed by atoms with Gasteiger partial charge in [0.15, 0.2) is 5.16 Å². The van der Waals surface area contributed by atoms with E-state index in [9.17, 15) is 13.2 Å². The third kappa shape index (κ3) is 5.61. The lowest BCUT2D eigenvalue weighted by molar-refractivity contribution is -0.119. The van der Waals surface area contributed by atoms with Crippen molar-refractivity contribution in [2.24, 2.45) is 0 Å². The van der Waals surface area contributed by atoms with Crippen LogP contribution in [-0.2, 0) is 21.2 Å². The molecule has 2 heterocycles. The summed E-state index contributed by atoms with van der Waals surface area (Å²) in [6.45, 7) is 4.89. The third-order valence-corrected chi connectivity index (χ3v) is 8.17. The molecule has 0 unspecified atom stereocenters. The number of amides is 1. The first kappa shape index (κ1) is 22.8. The van der Waals surface area contributed by atoms with Gasteiger partial charge in [0.05, 0.1) is 17.2 Å². The summed E-state index contributed by atoms with van der Waals surface area (Å²) in [5.41, 5.74) is 2.21. The maximum absolute atomic E-state index is 12.4. The number of aromatic nitrogens is 3. The maximum Gasteiger partial charge on any atom is 0.230 e. The lowest BCUT2D eigenvalue weighted by atomic mass is 10.1. The third-order valence-electron chi connectivity index (χ3n) is 5.16. The summed E-state index contributed by atoms with van der Waals surface area (Å²) in [5, 5.41) is 11.9. The number of nitrogens with one attached hydrogen (secondary N) is 1. The molecule has 0 aliphatic carbocycles. The zero-order valence-electron chi connectivity index (χ0n) is 17.5. The minimum absolute atomic E-state index is 0.00450. The zero-order chi connectivity index (χ0) is 21.6. The Labute approximate surface area is 182 Å². The van der Waals surface area contributed by atoms with Gasteiger partial charge in [-0.15, -0.1) is 10.2 Å². The van der Waals surface area contributed by atoms with Crippen LogP contribution in [0.4, 0.5) is 0 Å². The molecule has 1 aliphatic heterocycles. The van der Waals surface area contributed by atoms with E-state index in [1.54, 1.807) is 10.6 Å². The van der Waals surface area contributed by atoms with E-state index in [-0.39, 0.29) is 23.5 Å². The minimum atomic E-state index is -3.16. The Balaban J connectivity index is 1.52. The Morgan fingerprint density at radius 1 is 1.23 bits per heavy atom. The van der Waals surface area contributed by atoms with Crippen LogP contribution < -0.4 is 5.32 Å². The predicted molar refractivity (Wildman–Crippen MR) is 118 cm³/mol. The lowest BCUT2D eigenvalue weighted by Crippen LogP contribution is -2.47. The number of hydrogen-bond acceptors (Lipinski definition) is 6. The number of nitrogens with zero attached hydrogens (tertiary/aromatic N) is 4. The number of piperidine rings is 1. The second-order valence-electron chi connectivity index (χ2n) is 7.31. The van der Waals surface area contributed by atoms with Crippen molar-refractivity contribution in [2.75, 3.05) is 24.6 Å². The number of thioether (sulfide) groups is 1. The highest BCUT2D eigenvalue weighted by Gasteiger charge is 2.28. The second kappa shape index (κ2) is 10.4. The minimum Gasteiger partial charge on any atom is -0.353 e. The van der Waals surface area contributed by atoms with Crippen LogP contribution in [0.15, 0.2) is 35.7 Å². The molecule has 1 N–H and O–H groups in total. The van der Waals surface area contributed by atoms with Crippen LogP contribution in [0.25, 0.3) is 5.69 Å².